The number of hydrogen-bond acceptors (Lipinski definition) is 2. The van der Waals surface area contributed by atoms with Crippen LogP contribution in [0.15, 0.2) is 0 Å². The Morgan fingerprint density at radius 1 is 1.33 bits per heavy atom. The molecule has 2 aliphatic rings. The molecule has 0 aromatic rings. The van der Waals surface area contributed by atoms with E-state index in [0.29, 0.717) is 19.1 Å². The highest BCUT2D eigenvalue weighted by molar-refractivity contribution is 4.93. The van der Waals surface area contributed by atoms with Gasteiger partial charge in [-0.3, -0.25) is 0 Å². The highest BCUT2D eigenvalue weighted by Gasteiger charge is 2.44. The van der Waals surface area contributed by atoms with E-state index in [9.17, 15) is 8.78 Å². The largest absolute Gasteiger partial charge is 0.307 e. The van der Waals surface area contributed by atoms with Crippen molar-refractivity contribution < 1.29 is 8.78 Å². The zero-order valence-electron chi connectivity index (χ0n) is 9.31. The zero-order valence-corrected chi connectivity index (χ0v) is 9.31. The van der Waals surface area contributed by atoms with Gasteiger partial charge in [-0.1, -0.05) is 12.8 Å². The van der Waals surface area contributed by atoms with Crippen molar-refractivity contribution in [3.05, 3.63) is 0 Å². The fourth-order valence-electron chi connectivity index (χ4n) is 2.72. The molecule has 0 bridgehead atoms. The Hall–Kier alpha value is -0.220. The normalized spacial score (nSPS) is 31.6. The van der Waals surface area contributed by atoms with Gasteiger partial charge in [-0.15, -0.1) is 0 Å². The summed E-state index contributed by atoms with van der Waals surface area (Å²) < 4.78 is 26.7. The summed E-state index contributed by atoms with van der Waals surface area (Å²) in [5, 5.41) is 2.91. The molecule has 0 spiro atoms. The fraction of sp³-hybridized carbons (Fsp3) is 1.00. The van der Waals surface area contributed by atoms with Gasteiger partial charge in [-0.25, -0.2) is 8.78 Å². The maximum atomic E-state index is 13.4. The number of hydrogen-bond donors (Lipinski definition) is 1. The van der Waals surface area contributed by atoms with Crippen LogP contribution in [0.5, 0.6) is 0 Å². The number of alkyl halides is 2. The van der Waals surface area contributed by atoms with Gasteiger partial charge in [0.05, 0.1) is 6.04 Å². The van der Waals surface area contributed by atoms with E-state index in [1.54, 1.807) is 0 Å². The molecule has 0 radical (unpaired) electrons. The van der Waals surface area contributed by atoms with E-state index >= 15 is 0 Å². The van der Waals surface area contributed by atoms with Crippen molar-refractivity contribution in [2.45, 2.75) is 50.1 Å². The summed E-state index contributed by atoms with van der Waals surface area (Å²) in [5.74, 6) is -2.51. The van der Waals surface area contributed by atoms with Crippen molar-refractivity contribution in [2.75, 3.05) is 20.1 Å². The van der Waals surface area contributed by atoms with E-state index < -0.39 is 12.0 Å². The van der Waals surface area contributed by atoms with Crippen LogP contribution in [0.4, 0.5) is 8.78 Å². The Morgan fingerprint density at radius 3 is 2.53 bits per heavy atom. The summed E-state index contributed by atoms with van der Waals surface area (Å²) in [6.07, 6.45) is 4.85. The third-order valence-corrected chi connectivity index (χ3v) is 3.78. The molecule has 1 saturated heterocycles. The van der Waals surface area contributed by atoms with Gasteiger partial charge < -0.3 is 10.2 Å². The van der Waals surface area contributed by atoms with Gasteiger partial charge in [0.1, 0.15) is 0 Å². The van der Waals surface area contributed by atoms with Gasteiger partial charge in [0.2, 0.25) is 0 Å². The second-order valence-corrected chi connectivity index (χ2v) is 4.90. The predicted molar refractivity (Wildman–Crippen MR) is 56.2 cm³/mol. The second kappa shape index (κ2) is 4.34. The topological polar surface area (TPSA) is 15.3 Å². The lowest BCUT2D eigenvalue weighted by Crippen LogP contribution is -2.46. The van der Waals surface area contributed by atoms with E-state index in [0.717, 1.165) is 0 Å². The van der Waals surface area contributed by atoms with Gasteiger partial charge in [0, 0.05) is 25.6 Å². The molecule has 0 aromatic carbocycles. The van der Waals surface area contributed by atoms with E-state index in [-0.39, 0.29) is 6.42 Å². The highest BCUT2D eigenvalue weighted by Crippen LogP contribution is 2.29. The lowest BCUT2D eigenvalue weighted by atomic mass is 10.1. The number of nitrogens with one attached hydrogen (secondary N) is 1. The molecule has 1 aliphatic carbocycles. The van der Waals surface area contributed by atoms with Crippen LogP contribution in [0.1, 0.15) is 32.1 Å². The first kappa shape index (κ1) is 11.3. The molecule has 1 aliphatic heterocycles. The lowest BCUT2D eigenvalue weighted by molar-refractivity contribution is -0.0216. The van der Waals surface area contributed by atoms with Gasteiger partial charge >= 0.3 is 0 Å². The van der Waals surface area contributed by atoms with Crippen LogP contribution in [0, 0.1) is 0 Å². The third-order valence-electron chi connectivity index (χ3n) is 3.78. The number of rotatable bonds is 3. The fourth-order valence-corrected chi connectivity index (χ4v) is 2.72. The quantitative estimate of drug-likeness (QED) is 0.778. The highest BCUT2D eigenvalue weighted by atomic mass is 19.3. The standard InChI is InChI=1S/C11H20F2N2/c1-15(9-4-2-3-5-9)8-10-11(12,13)6-7-14-10/h9-10,14H,2-8H2,1H3. The molecule has 1 unspecified atom stereocenters. The van der Waals surface area contributed by atoms with Gasteiger partial charge in [0.15, 0.2) is 0 Å². The van der Waals surface area contributed by atoms with Crippen molar-refractivity contribution in [1.29, 1.82) is 0 Å². The molecule has 1 saturated carbocycles. The minimum atomic E-state index is -2.51. The molecule has 0 aromatic heterocycles. The summed E-state index contributed by atoms with van der Waals surface area (Å²) >= 11 is 0. The van der Waals surface area contributed by atoms with Gasteiger partial charge in [0.25, 0.3) is 5.92 Å². The van der Waals surface area contributed by atoms with Crippen molar-refractivity contribution >= 4 is 0 Å². The first-order valence-corrected chi connectivity index (χ1v) is 5.91. The molecule has 2 fully saturated rings. The van der Waals surface area contributed by atoms with Gasteiger partial charge in [-0.2, -0.15) is 0 Å². The van der Waals surface area contributed by atoms with Crippen LogP contribution < -0.4 is 5.32 Å². The van der Waals surface area contributed by atoms with Crippen molar-refractivity contribution in [3.63, 3.8) is 0 Å². The lowest BCUT2D eigenvalue weighted by Gasteiger charge is -2.29. The molecular formula is C11H20F2N2. The molecule has 4 heteroatoms. The number of halogens is 2. The van der Waals surface area contributed by atoms with Crippen LogP contribution in [0.25, 0.3) is 0 Å². The monoisotopic (exact) mass is 218 g/mol. The molecule has 1 N–H and O–H groups in total. The molecule has 1 atom stereocenters. The summed E-state index contributed by atoms with van der Waals surface area (Å²) in [5.41, 5.74) is 0. The molecule has 0 amide bonds. The van der Waals surface area contributed by atoms with Gasteiger partial charge in [-0.05, 0) is 19.9 Å². The van der Waals surface area contributed by atoms with E-state index in [1.807, 2.05) is 7.05 Å². The van der Waals surface area contributed by atoms with E-state index in [4.69, 9.17) is 0 Å². The zero-order chi connectivity index (χ0) is 10.9. The molecule has 2 nitrogen and oxygen atoms in total. The summed E-state index contributed by atoms with van der Waals surface area (Å²) in [6, 6.07) is -0.105. The first-order valence-electron chi connectivity index (χ1n) is 5.91. The Labute approximate surface area is 90.0 Å². The number of nitrogens with zero attached hydrogens (tertiary/aromatic N) is 1. The maximum absolute atomic E-state index is 13.4. The molecular weight excluding hydrogens is 198 g/mol. The SMILES string of the molecule is CN(CC1NCCC1(F)F)C1CCCC1. The van der Waals surface area contributed by atoms with Crippen LogP contribution in [0.2, 0.25) is 0 Å². The van der Waals surface area contributed by atoms with Crippen LogP contribution >= 0.6 is 0 Å². The Balaban J connectivity index is 1.85. The summed E-state index contributed by atoms with van der Waals surface area (Å²) in [6.45, 7) is 0.938. The summed E-state index contributed by atoms with van der Waals surface area (Å²) in [4.78, 5) is 2.11. The van der Waals surface area contributed by atoms with Crippen molar-refractivity contribution in [3.8, 4) is 0 Å². The summed E-state index contributed by atoms with van der Waals surface area (Å²) in [7, 11) is 1.98. The molecule has 88 valence electrons. The average Bonchev–Trinajstić information content (AvgIpc) is 2.76. The Bertz CT molecular complexity index is 215. The number of likely N-dealkylation sites (N-methyl/N-ethyl adjacent to an activating group) is 1. The minimum Gasteiger partial charge on any atom is -0.307 e. The van der Waals surface area contributed by atoms with E-state index in [2.05, 4.69) is 10.2 Å². The second-order valence-electron chi connectivity index (χ2n) is 4.90. The average molecular weight is 218 g/mol. The third kappa shape index (κ3) is 2.48. The molecule has 2 rings (SSSR count). The maximum Gasteiger partial charge on any atom is 0.265 e. The Morgan fingerprint density at radius 2 is 2.00 bits per heavy atom. The van der Waals surface area contributed by atoms with Crippen LogP contribution in [-0.2, 0) is 0 Å². The Kier molecular flexibility index (Phi) is 3.26. The van der Waals surface area contributed by atoms with E-state index in [1.165, 1.54) is 25.7 Å². The van der Waals surface area contributed by atoms with Crippen molar-refractivity contribution in [1.82, 2.24) is 10.2 Å². The molecule has 15 heavy (non-hydrogen) atoms. The first-order chi connectivity index (χ1) is 7.09. The predicted octanol–water partition coefficient (Wildman–Crippen LogP) is 1.86. The smallest absolute Gasteiger partial charge is 0.265 e. The molecule has 1 heterocycles. The van der Waals surface area contributed by atoms with Crippen LogP contribution in [-0.4, -0.2) is 43.0 Å². The van der Waals surface area contributed by atoms with Crippen molar-refractivity contribution in [2.24, 2.45) is 0 Å². The van der Waals surface area contributed by atoms with Crippen LogP contribution in [0.3, 0.4) is 0 Å². The minimum absolute atomic E-state index is 0.00380.